The lowest BCUT2D eigenvalue weighted by atomic mass is 9.87. The van der Waals surface area contributed by atoms with Crippen LogP contribution in [0.3, 0.4) is 0 Å². The number of aromatic nitrogens is 1. The van der Waals surface area contributed by atoms with E-state index < -0.39 is 0 Å². The summed E-state index contributed by atoms with van der Waals surface area (Å²) in [4.78, 5) is 4.22. The molecule has 2 nitrogen and oxygen atoms in total. The predicted molar refractivity (Wildman–Crippen MR) is 78.7 cm³/mol. The Morgan fingerprint density at radius 2 is 1.89 bits per heavy atom. The first-order chi connectivity index (χ1) is 8.81. The van der Waals surface area contributed by atoms with Crippen LogP contribution in [0.4, 0.5) is 0 Å². The molecular weight excluding hydrogens is 220 g/mol. The Bertz CT molecular complexity index is 291. The molecule has 1 aromatic heterocycles. The van der Waals surface area contributed by atoms with Crippen LogP contribution in [0.15, 0.2) is 24.5 Å². The Balaban J connectivity index is 2.66. The molecule has 0 fully saturated rings. The standard InChI is InChI=1S/C16H28N2/c1-4-8-15(9-5-2)16(18-6-3)12-14-10-7-11-17-13-14/h7,10-11,13,15-16,18H,4-6,8-9,12H2,1-3H3. The second kappa shape index (κ2) is 9.09. The number of hydrogen-bond donors (Lipinski definition) is 1. The molecule has 0 radical (unpaired) electrons. The van der Waals surface area contributed by atoms with E-state index >= 15 is 0 Å². The zero-order chi connectivity index (χ0) is 13.2. The van der Waals surface area contributed by atoms with Crippen molar-refractivity contribution in [3.8, 4) is 0 Å². The van der Waals surface area contributed by atoms with E-state index in [1.54, 1.807) is 0 Å². The summed E-state index contributed by atoms with van der Waals surface area (Å²) in [6.45, 7) is 7.82. The van der Waals surface area contributed by atoms with Gasteiger partial charge in [-0.15, -0.1) is 0 Å². The average molecular weight is 248 g/mol. The van der Waals surface area contributed by atoms with Crippen LogP contribution in [0.1, 0.15) is 52.0 Å². The van der Waals surface area contributed by atoms with Crippen LogP contribution in [-0.2, 0) is 6.42 Å². The lowest BCUT2D eigenvalue weighted by Crippen LogP contribution is -2.38. The Hall–Kier alpha value is -0.890. The molecule has 1 heterocycles. The van der Waals surface area contributed by atoms with Crippen LogP contribution in [0, 0.1) is 5.92 Å². The van der Waals surface area contributed by atoms with Crippen molar-refractivity contribution < 1.29 is 0 Å². The fourth-order valence-electron chi connectivity index (χ4n) is 2.73. The summed E-state index contributed by atoms with van der Waals surface area (Å²) >= 11 is 0. The zero-order valence-electron chi connectivity index (χ0n) is 12.2. The van der Waals surface area contributed by atoms with Crippen molar-refractivity contribution >= 4 is 0 Å². The smallest absolute Gasteiger partial charge is 0.0300 e. The highest BCUT2D eigenvalue weighted by atomic mass is 14.9. The Kier molecular flexibility index (Phi) is 7.66. The highest BCUT2D eigenvalue weighted by Crippen LogP contribution is 2.20. The second-order valence-corrected chi connectivity index (χ2v) is 5.07. The first kappa shape index (κ1) is 15.2. The van der Waals surface area contributed by atoms with Crippen LogP contribution in [0.5, 0.6) is 0 Å². The van der Waals surface area contributed by atoms with Gasteiger partial charge >= 0.3 is 0 Å². The highest BCUT2D eigenvalue weighted by Gasteiger charge is 2.19. The summed E-state index contributed by atoms with van der Waals surface area (Å²) in [7, 11) is 0. The van der Waals surface area contributed by atoms with Crippen molar-refractivity contribution in [2.45, 2.75) is 58.9 Å². The van der Waals surface area contributed by atoms with Gasteiger partial charge in [0.05, 0.1) is 0 Å². The van der Waals surface area contributed by atoms with Crippen LogP contribution in [0.2, 0.25) is 0 Å². The number of nitrogens with one attached hydrogen (secondary N) is 1. The molecule has 1 rings (SSSR count). The van der Waals surface area contributed by atoms with Gasteiger partial charge in [-0.2, -0.15) is 0 Å². The molecule has 0 saturated heterocycles. The fourth-order valence-corrected chi connectivity index (χ4v) is 2.73. The molecule has 0 aliphatic heterocycles. The molecule has 0 amide bonds. The third kappa shape index (κ3) is 5.18. The molecule has 0 aliphatic rings. The number of rotatable bonds is 9. The minimum Gasteiger partial charge on any atom is -0.314 e. The molecule has 0 saturated carbocycles. The summed E-state index contributed by atoms with van der Waals surface area (Å²) < 4.78 is 0. The monoisotopic (exact) mass is 248 g/mol. The second-order valence-electron chi connectivity index (χ2n) is 5.07. The van der Waals surface area contributed by atoms with Gasteiger partial charge in [0.2, 0.25) is 0 Å². The normalized spacial score (nSPS) is 12.9. The summed E-state index contributed by atoms with van der Waals surface area (Å²) in [6.07, 6.45) is 10.2. The molecule has 1 N–H and O–H groups in total. The van der Waals surface area contributed by atoms with Gasteiger partial charge in [-0.25, -0.2) is 0 Å². The van der Waals surface area contributed by atoms with Crippen LogP contribution in [0.25, 0.3) is 0 Å². The van der Waals surface area contributed by atoms with Crippen molar-refractivity contribution in [3.05, 3.63) is 30.1 Å². The Labute approximate surface area is 112 Å². The first-order valence-corrected chi connectivity index (χ1v) is 7.44. The van der Waals surface area contributed by atoms with Crippen molar-refractivity contribution in [1.82, 2.24) is 10.3 Å². The SMILES string of the molecule is CCCC(CCC)C(Cc1cccnc1)NCC. The van der Waals surface area contributed by atoms with Crippen LogP contribution in [-0.4, -0.2) is 17.6 Å². The summed E-state index contributed by atoms with van der Waals surface area (Å²) in [5, 5.41) is 3.67. The van der Waals surface area contributed by atoms with E-state index in [0.29, 0.717) is 6.04 Å². The van der Waals surface area contributed by atoms with E-state index in [9.17, 15) is 0 Å². The predicted octanol–water partition coefficient (Wildman–Crippen LogP) is 3.82. The van der Waals surface area contributed by atoms with E-state index in [1.807, 2.05) is 18.5 Å². The lowest BCUT2D eigenvalue weighted by molar-refractivity contribution is 0.312. The summed E-state index contributed by atoms with van der Waals surface area (Å²) in [6, 6.07) is 4.82. The van der Waals surface area contributed by atoms with E-state index in [0.717, 1.165) is 18.9 Å². The maximum atomic E-state index is 4.22. The van der Waals surface area contributed by atoms with E-state index in [-0.39, 0.29) is 0 Å². The number of nitrogens with zero attached hydrogens (tertiary/aromatic N) is 1. The van der Waals surface area contributed by atoms with E-state index in [1.165, 1.54) is 31.2 Å². The minimum absolute atomic E-state index is 0.596. The average Bonchev–Trinajstić information content (AvgIpc) is 2.39. The molecule has 0 bridgehead atoms. The van der Waals surface area contributed by atoms with Gasteiger partial charge < -0.3 is 5.32 Å². The molecule has 102 valence electrons. The van der Waals surface area contributed by atoms with Gasteiger partial charge in [-0.05, 0) is 43.4 Å². The molecular formula is C16H28N2. The number of likely N-dealkylation sites (N-methyl/N-ethyl adjacent to an activating group) is 1. The van der Waals surface area contributed by atoms with Crippen molar-refractivity contribution in [3.63, 3.8) is 0 Å². The van der Waals surface area contributed by atoms with Crippen LogP contribution < -0.4 is 5.32 Å². The molecule has 1 atom stereocenters. The fraction of sp³-hybridized carbons (Fsp3) is 0.688. The Morgan fingerprint density at radius 1 is 1.17 bits per heavy atom. The molecule has 18 heavy (non-hydrogen) atoms. The van der Waals surface area contributed by atoms with Gasteiger partial charge in [0, 0.05) is 18.4 Å². The Morgan fingerprint density at radius 3 is 2.39 bits per heavy atom. The van der Waals surface area contributed by atoms with Crippen molar-refractivity contribution in [2.24, 2.45) is 5.92 Å². The molecule has 1 unspecified atom stereocenters. The van der Waals surface area contributed by atoms with Gasteiger partial charge in [0.15, 0.2) is 0 Å². The zero-order valence-corrected chi connectivity index (χ0v) is 12.2. The third-order valence-electron chi connectivity index (χ3n) is 3.53. The van der Waals surface area contributed by atoms with Gasteiger partial charge in [0.1, 0.15) is 0 Å². The largest absolute Gasteiger partial charge is 0.314 e. The maximum Gasteiger partial charge on any atom is 0.0300 e. The molecule has 1 aromatic rings. The minimum atomic E-state index is 0.596. The lowest BCUT2D eigenvalue weighted by Gasteiger charge is -2.27. The molecule has 0 aromatic carbocycles. The van der Waals surface area contributed by atoms with Crippen LogP contribution >= 0.6 is 0 Å². The third-order valence-corrected chi connectivity index (χ3v) is 3.53. The van der Waals surface area contributed by atoms with E-state index in [2.05, 4.69) is 37.1 Å². The van der Waals surface area contributed by atoms with Gasteiger partial charge in [-0.1, -0.05) is 39.7 Å². The number of pyridine rings is 1. The van der Waals surface area contributed by atoms with Gasteiger partial charge in [0.25, 0.3) is 0 Å². The number of hydrogen-bond acceptors (Lipinski definition) is 2. The van der Waals surface area contributed by atoms with E-state index in [4.69, 9.17) is 0 Å². The topological polar surface area (TPSA) is 24.9 Å². The summed E-state index contributed by atoms with van der Waals surface area (Å²) in [5.74, 6) is 0.792. The summed E-state index contributed by atoms with van der Waals surface area (Å²) in [5.41, 5.74) is 1.35. The van der Waals surface area contributed by atoms with Gasteiger partial charge in [-0.3, -0.25) is 4.98 Å². The van der Waals surface area contributed by atoms with Crippen molar-refractivity contribution in [1.29, 1.82) is 0 Å². The highest BCUT2D eigenvalue weighted by molar-refractivity contribution is 5.10. The maximum absolute atomic E-state index is 4.22. The molecule has 2 heteroatoms. The molecule has 0 aliphatic carbocycles. The van der Waals surface area contributed by atoms with Crippen molar-refractivity contribution in [2.75, 3.05) is 6.54 Å². The first-order valence-electron chi connectivity index (χ1n) is 7.44. The quantitative estimate of drug-likeness (QED) is 0.718. The molecule has 0 spiro atoms.